The molecule has 0 unspecified atom stereocenters. The first-order valence-corrected chi connectivity index (χ1v) is 9.98. The van der Waals surface area contributed by atoms with Crippen LogP contribution in [0, 0.1) is 0 Å². The molecule has 4 heteroatoms. The van der Waals surface area contributed by atoms with Gasteiger partial charge in [0, 0.05) is 17.0 Å². The average Bonchev–Trinajstić information content (AvgIpc) is 3.43. The lowest BCUT2D eigenvalue weighted by molar-refractivity contribution is 0.475. The molecule has 1 aliphatic heterocycles. The van der Waals surface area contributed by atoms with E-state index < -0.39 is 0 Å². The van der Waals surface area contributed by atoms with E-state index in [9.17, 15) is 0 Å². The summed E-state index contributed by atoms with van der Waals surface area (Å²) in [5, 5.41) is 7.73. The third-order valence-electron chi connectivity index (χ3n) is 5.12. The zero-order valence-corrected chi connectivity index (χ0v) is 16.5. The fourth-order valence-electron chi connectivity index (χ4n) is 3.66. The second-order valence-corrected chi connectivity index (χ2v) is 7.46. The quantitative estimate of drug-likeness (QED) is 0.372. The molecule has 0 bridgehead atoms. The number of benzene rings is 3. The summed E-state index contributed by atoms with van der Waals surface area (Å²) in [6.45, 7) is 0. The van der Waals surface area contributed by atoms with E-state index in [1.165, 1.54) is 0 Å². The van der Waals surface area contributed by atoms with E-state index in [-0.39, 0.29) is 6.04 Å². The van der Waals surface area contributed by atoms with Gasteiger partial charge in [0.25, 0.3) is 0 Å². The van der Waals surface area contributed by atoms with Crippen molar-refractivity contribution >= 4 is 23.0 Å². The van der Waals surface area contributed by atoms with Gasteiger partial charge in [-0.05, 0) is 54.1 Å². The van der Waals surface area contributed by atoms with Crippen molar-refractivity contribution in [2.24, 2.45) is 5.10 Å². The van der Waals surface area contributed by atoms with Crippen LogP contribution in [0.15, 0.2) is 107 Å². The summed E-state index contributed by atoms with van der Waals surface area (Å²) in [6.07, 6.45) is 0.784. The van der Waals surface area contributed by atoms with E-state index in [2.05, 4.69) is 29.3 Å². The van der Waals surface area contributed by atoms with Crippen molar-refractivity contribution < 1.29 is 4.42 Å². The minimum absolute atomic E-state index is 0.00802. The molecule has 0 aliphatic carbocycles. The van der Waals surface area contributed by atoms with E-state index in [0.29, 0.717) is 5.02 Å². The van der Waals surface area contributed by atoms with E-state index in [4.69, 9.17) is 21.1 Å². The third kappa shape index (κ3) is 3.57. The summed E-state index contributed by atoms with van der Waals surface area (Å²) in [5.41, 5.74) is 4.26. The van der Waals surface area contributed by atoms with Gasteiger partial charge < -0.3 is 4.42 Å². The van der Waals surface area contributed by atoms with Gasteiger partial charge in [-0.1, -0.05) is 60.1 Å². The predicted octanol–water partition coefficient (Wildman–Crippen LogP) is 6.96. The van der Waals surface area contributed by atoms with E-state index >= 15 is 0 Å². The molecule has 0 fully saturated rings. The van der Waals surface area contributed by atoms with Crippen molar-refractivity contribution in [2.75, 3.05) is 5.01 Å². The molecule has 0 N–H and O–H groups in total. The first-order chi connectivity index (χ1) is 14.3. The fourth-order valence-corrected chi connectivity index (χ4v) is 3.78. The van der Waals surface area contributed by atoms with Crippen LogP contribution in [0.5, 0.6) is 0 Å². The van der Waals surface area contributed by atoms with Crippen molar-refractivity contribution in [3.05, 3.63) is 113 Å². The second-order valence-electron chi connectivity index (χ2n) is 7.02. The highest BCUT2D eigenvalue weighted by Gasteiger charge is 2.32. The fraction of sp³-hybridized carbons (Fsp3) is 0.0800. The SMILES string of the molecule is Clc1ccc(-c2ccc([C@H]3CC(c4ccccc4)=NN3c3ccccc3)o2)cc1. The van der Waals surface area contributed by atoms with Gasteiger partial charge in [0.15, 0.2) is 0 Å². The highest BCUT2D eigenvalue weighted by Crippen LogP contribution is 2.38. The van der Waals surface area contributed by atoms with Crippen molar-refractivity contribution in [2.45, 2.75) is 12.5 Å². The van der Waals surface area contributed by atoms with Crippen LogP contribution in [-0.2, 0) is 0 Å². The maximum Gasteiger partial charge on any atom is 0.134 e. The molecule has 0 saturated heterocycles. The molecule has 2 heterocycles. The maximum atomic E-state index is 6.27. The lowest BCUT2D eigenvalue weighted by Crippen LogP contribution is -2.17. The van der Waals surface area contributed by atoms with E-state index in [0.717, 1.165) is 40.5 Å². The Hall–Kier alpha value is -3.30. The number of para-hydroxylation sites is 1. The molecular weight excluding hydrogens is 380 g/mol. The Bertz CT molecular complexity index is 1130. The smallest absolute Gasteiger partial charge is 0.134 e. The van der Waals surface area contributed by atoms with Crippen LogP contribution in [0.2, 0.25) is 5.02 Å². The Balaban J connectivity index is 1.51. The summed E-state index contributed by atoms with van der Waals surface area (Å²) < 4.78 is 6.27. The molecule has 0 amide bonds. The maximum absolute atomic E-state index is 6.27. The Morgan fingerprint density at radius 2 is 1.45 bits per heavy atom. The van der Waals surface area contributed by atoms with Gasteiger partial charge in [0.2, 0.25) is 0 Å². The Kier molecular flexibility index (Phi) is 4.66. The number of furan rings is 1. The van der Waals surface area contributed by atoms with Gasteiger partial charge in [-0.25, -0.2) is 0 Å². The molecule has 4 aromatic rings. The van der Waals surface area contributed by atoms with Crippen LogP contribution in [0.1, 0.15) is 23.8 Å². The predicted molar refractivity (Wildman–Crippen MR) is 118 cm³/mol. The summed E-state index contributed by atoms with van der Waals surface area (Å²) in [5.74, 6) is 1.73. The zero-order valence-electron chi connectivity index (χ0n) is 15.7. The molecule has 142 valence electrons. The van der Waals surface area contributed by atoms with Crippen molar-refractivity contribution in [1.82, 2.24) is 0 Å². The number of nitrogens with zero attached hydrogens (tertiary/aromatic N) is 2. The summed E-state index contributed by atoms with van der Waals surface area (Å²) in [4.78, 5) is 0. The number of halogens is 1. The van der Waals surface area contributed by atoms with Crippen molar-refractivity contribution in [3.63, 3.8) is 0 Å². The lowest BCUT2D eigenvalue weighted by Gasteiger charge is -2.21. The lowest BCUT2D eigenvalue weighted by atomic mass is 10.0. The first-order valence-electron chi connectivity index (χ1n) is 9.61. The third-order valence-corrected chi connectivity index (χ3v) is 5.37. The van der Waals surface area contributed by atoms with Crippen LogP contribution < -0.4 is 5.01 Å². The second kappa shape index (κ2) is 7.61. The molecule has 3 aromatic carbocycles. The summed E-state index contributed by atoms with van der Waals surface area (Å²) in [6, 6.07) is 32.3. The number of hydrogen-bond acceptors (Lipinski definition) is 3. The minimum Gasteiger partial charge on any atom is -0.459 e. The molecule has 1 aromatic heterocycles. The molecular formula is C25H19ClN2O. The van der Waals surface area contributed by atoms with Crippen LogP contribution in [-0.4, -0.2) is 5.71 Å². The van der Waals surface area contributed by atoms with Crippen molar-refractivity contribution in [1.29, 1.82) is 0 Å². The van der Waals surface area contributed by atoms with Gasteiger partial charge in [-0.15, -0.1) is 0 Å². The Morgan fingerprint density at radius 1 is 0.759 bits per heavy atom. The monoisotopic (exact) mass is 398 g/mol. The van der Waals surface area contributed by atoms with Crippen LogP contribution in [0.25, 0.3) is 11.3 Å². The van der Waals surface area contributed by atoms with Crippen LogP contribution in [0.4, 0.5) is 5.69 Å². The molecule has 1 aliphatic rings. The highest BCUT2D eigenvalue weighted by atomic mass is 35.5. The minimum atomic E-state index is 0.00802. The Morgan fingerprint density at radius 3 is 2.17 bits per heavy atom. The first kappa shape index (κ1) is 17.8. The average molecular weight is 399 g/mol. The van der Waals surface area contributed by atoms with E-state index in [1.54, 1.807) is 0 Å². The molecule has 0 saturated carbocycles. The molecule has 29 heavy (non-hydrogen) atoms. The number of rotatable bonds is 4. The summed E-state index contributed by atoms with van der Waals surface area (Å²) in [7, 11) is 0. The van der Waals surface area contributed by atoms with Crippen LogP contribution >= 0.6 is 11.6 Å². The molecule has 5 rings (SSSR count). The van der Waals surface area contributed by atoms with Gasteiger partial charge >= 0.3 is 0 Å². The number of anilines is 1. The molecule has 0 spiro atoms. The summed E-state index contributed by atoms with van der Waals surface area (Å²) >= 11 is 6.02. The Labute approximate surface area is 174 Å². The van der Waals surface area contributed by atoms with Gasteiger partial charge in [-0.2, -0.15) is 5.10 Å². The topological polar surface area (TPSA) is 28.7 Å². The van der Waals surface area contributed by atoms with Gasteiger partial charge in [-0.3, -0.25) is 5.01 Å². The van der Waals surface area contributed by atoms with Crippen molar-refractivity contribution in [3.8, 4) is 11.3 Å². The largest absolute Gasteiger partial charge is 0.459 e. The highest BCUT2D eigenvalue weighted by molar-refractivity contribution is 6.30. The molecule has 0 radical (unpaired) electrons. The number of hydrogen-bond donors (Lipinski definition) is 0. The normalized spacial score (nSPS) is 16.1. The number of hydrazone groups is 1. The molecule has 1 atom stereocenters. The van der Waals surface area contributed by atoms with Gasteiger partial charge in [0.05, 0.1) is 11.4 Å². The zero-order chi connectivity index (χ0) is 19.6. The van der Waals surface area contributed by atoms with Gasteiger partial charge in [0.1, 0.15) is 17.6 Å². The standard InChI is InChI=1S/C25H19ClN2O/c26-20-13-11-19(12-14-20)24-15-16-25(29-24)23-17-22(18-7-3-1-4-8-18)27-28(23)21-9-5-2-6-10-21/h1-16,23H,17H2/t23-/m1/s1. The van der Waals surface area contributed by atoms with E-state index in [1.807, 2.05) is 72.8 Å². The van der Waals surface area contributed by atoms with Crippen LogP contribution in [0.3, 0.4) is 0 Å². The molecule has 3 nitrogen and oxygen atoms in total.